The van der Waals surface area contributed by atoms with E-state index in [1.54, 1.807) is 12.1 Å². The Labute approximate surface area is 123 Å². The number of hydrogen-bond donors (Lipinski definition) is 2. The lowest BCUT2D eigenvalue weighted by Crippen LogP contribution is -2.06. The van der Waals surface area contributed by atoms with Gasteiger partial charge in [0, 0.05) is 18.2 Å². The summed E-state index contributed by atoms with van der Waals surface area (Å²) in [6.45, 7) is 4.08. The number of fused-ring (bicyclic) bond motifs is 1. The van der Waals surface area contributed by atoms with Crippen LogP contribution in [0.5, 0.6) is 5.75 Å². The molecule has 3 rings (SSSR count). The van der Waals surface area contributed by atoms with Crippen LogP contribution in [0.25, 0.3) is 11.1 Å². The largest absolute Gasteiger partial charge is 0.508 e. The van der Waals surface area contributed by atoms with Gasteiger partial charge >= 0.3 is 0 Å². The van der Waals surface area contributed by atoms with Crippen LogP contribution in [0.4, 0.5) is 5.69 Å². The van der Waals surface area contributed by atoms with Gasteiger partial charge in [-0.25, -0.2) is 4.98 Å². The average molecular weight is 282 g/mol. The van der Waals surface area contributed by atoms with Gasteiger partial charge in [0.2, 0.25) is 0 Å². The molecular formula is C17H18N2O2. The topological polar surface area (TPSA) is 58.3 Å². The fourth-order valence-electron chi connectivity index (χ4n) is 2.34. The molecule has 1 unspecified atom stereocenters. The summed E-state index contributed by atoms with van der Waals surface area (Å²) >= 11 is 0. The van der Waals surface area contributed by atoms with Crippen molar-refractivity contribution in [1.82, 2.24) is 4.98 Å². The van der Waals surface area contributed by atoms with Crippen molar-refractivity contribution in [3.63, 3.8) is 0 Å². The lowest BCUT2D eigenvalue weighted by atomic mass is 10.1. The van der Waals surface area contributed by atoms with E-state index in [1.165, 1.54) is 0 Å². The Bertz CT molecular complexity index is 764. The highest BCUT2D eigenvalue weighted by Gasteiger charge is 2.08. The quantitative estimate of drug-likeness (QED) is 0.750. The molecule has 0 bridgehead atoms. The predicted octanol–water partition coefficient (Wildman–Crippen LogP) is 4.27. The van der Waals surface area contributed by atoms with Crippen molar-refractivity contribution in [2.75, 3.05) is 5.32 Å². The van der Waals surface area contributed by atoms with Gasteiger partial charge < -0.3 is 14.8 Å². The van der Waals surface area contributed by atoms with Crippen LogP contribution >= 0.6 is 0 Å². The van der Waals surface area contributed by atoms with Crippen LogP contribution in [0.2, 0.25) is 0 Å². The smallest absolute Gasteiger partial charge is 0.195 e. The Kier molecular flexibility index (Phi) is 3.52. The highest BCUT2D eigenvalue weighted by Crippen LogP contribution is 2.25. The third kappa shape index (κ3) is 2.84. The van der Waals surface area contributed by atoms with Crippen molar-refractivity contribution in [2.24, 2.45) is 0 Å². The number of oxazole rings is 1. The monoisotopic (exact) mass is 282 g/mol. The van der Waals surface area contributed by atoms with Crippen LogP contribution in [0.1, 0.15) is 31.3 Å². The molecule has 0 fully saturated rings. The normalized spacial score (nSPS) is 12.5. The third-order valence-corrected chi connectivity index (χ3v) is 3.49. The summed E-state index contributed by atoms with van der Waals surface area (Å²) in [7, 11) is 0. The molecule has 0 saturated heterocycles. The molecule has 0 saturated carbocycles. The average Bonchev–Trinajstić information content (AvgIpc) is 2.89. The van der Waals surface area contributed by atoms with E-state index in [-0.39, 0.29) is 11.8 Å². The van der Waals surface area contributed by atoms with Crippen molar-refractivity contribution in [3.8, 4) is 5.75 Å². The fourth-order valence-corrected chi connectivity index (χ4v) is 2.34. The van der Waals surface area contributed by atoms with Crippen LogP contribution in [0.3, 0.4) is 0 Å². The molecule has 4 heteroatoms. The van der Waals surface area contributed by atoms with E-state index in [0.717, 1.165) is 34.7 Å². The first-order chi connectivity index (χ1) is 10.2. The number of nitrogens with zero attached hydrogens (tertiary/aromatic N) is 1. The standard InChI is InChI=1S/C17H18N2O2/c1-3-17-19-15-10-13(7-8-16(15)21-17)18-11(2)12-5-4-6-14(20)9-12/h4-11,18,20H,3H2,1-2H3. The lowest BCUT2D eigenvalue weighted by Gasteiger charge is -2.15. The second-order valence-electron chi connectivity index (χ2n) is 5.10. The third-order valence-electron chi connectivity index (χ3n) is 3.49. The molecule has 4 nitrogen and oxygen atoms in total. The number of phenolic OH excluding ortho intramolecular Hbond substituents is 1. The zero-order valence-electron chi connectivity index (χ0n) is 12.1. The minimum Gasteiger partial charge on any atom is -0.508 e. The molecular weight excluding hydrogens is 264 g/mol. The summed E-state index contributed by atoms with van der Waals surface area (Å²) < 4.78 is 5.61. The number of benzene rings is 2. The Hall–Kier alpha value is -2.49. The fraction of sp³-hybridized carbons (Fsp3) is 0.235. The zero-order chi connectivity index (χ0) is 14.8. The van der Waals surface area contributed by atoms with E-state index in [1.807, 2.05) is 37.3 Å². The maximum absolute atomic E-state index is 9.55. The van der Waals surface area contributed by atoms with Crippen molar-refractivity contribution in [1.29, 1.82) is 0 Å². The van der Waals surface area contributed by atoms with Crippen molar-refractivity contribution < 1.29 is 9.52 Å². The van der Waals surface area contributed by atoms with Crippen LogP contribution in [0, 0.1) is 0 Å². The maximum Gasteiger partial charge on any atom is 0.195 e. The molecule has 2 aromatic carbocycles. The number of nitrogens with one attached hydrogen (secondary N) is 1. The number of aromatic hydroxyl groups is 1. The van der Waals surface area contributed by atoms with Gasteiger partial charge in [-0.05, 0) is 42.8 Å². The van der Waals surface area contributed by atoms with Gasteiger partial charge in [0.25, 0.3) is 0 Å². The molecule has 1 heterocycles. The summed E-state index contributed by atoms with van der Waals surface area (Å²) in [6, 6.07) is 13.2. The molecule has 21 heavy (non-hydrogen) atoms. The first kappa shape index (κ1) is 13.5. The van der Waals surface area contributed by atoms with E-state index < -0.39 is 0 Å². The Morgan fingerprint density at radius 2 is 2.10 bits per heavy atom. The lowest BCUT2D eigenvalue weighted by molar-refractivity contribution is 0.474. The van der Waals surface area contributed by atoms with E-state index in [0.29, 0.717) is 0 Å². The summed E-state index contributed by atoms with van der Waals surface area (Å²) in [5.74, 6) is 1.03. The SMILES string of the molecule is CCc1nc2cc(NC(C)c3cccc(O)c3)ccc2o1. The minimum absolute atomic E-state index is 0.0899. The second-order valence-corrected chi connectivity index (χ2v) is 5.10. The van der Waals surface area contributed by atoms with Gasteiger partial charge in [0.05, 0.1) is 0 Å². The summed E-state index contributed by atoms with van der Waals surface area (Å²) in [5.41, 5.74) is 3.68. The molecule has 0 radical (unpaired) electrons. The Balaban J connectivity index is 1.83. The highest BCUT2D eigenvalue weighted by molar-refractivity contribution is 5.77. The number of aromatic nitrogens is 1. The second kappa shape index (κ2) is 5.48. The molecule has 1 aromatic heterocycles. The minimum atomic E-state index is 0.0899. The molecule has 0 spiro atoms. The molecule has 2 N–H and O–H groups in total. The number of anilines is 1. The van der Waals surface area contributed by atoms with Crippen molar-refractivity contribution in [3.05, 3.63) is 53.9 Å². The number of aryl methyl sites for hydroxylation is 1. The van der Waals surface area contributed by atoms with Gasteiger partial charge in [-0.2, -0.15) is 0 Å². The zero-order valence-corrected chi connectivity index (χ0v) is 12.1. The molecule has 0 aliphatic carbocycles. The summed E-state index contributed by atoms with van der Waals surface area (Å²) in [4.78, 5) is 4.44. The predicted molar refractivity (Wildman–Crippen MR) is 83.5 cm³/mol. The number of rotatable bonds is 4. The maximum atomic E-state index is 9.55. The van der Waals surface area contributed by atoms with Crippen LogP contribution < -0.4 is 5.32 Å². The summed E-state index contributed by atoms with van der Waals surface area (Å²) in [5, 5.41) is 13.0. The van der Waals surface area contributed by atoms with Gasteiger partial charge in [0.15, 0.2) is 11.5 Å². The van der Waals surface area contributed by atoms with Gasteiger partial charge in [-0.1, -0.05) is 19.1 Å². The van der Waals surface area contributed by atoms with Gasteiger partial charge in [0.1, 0.15) is 11.3 Å². The summed E-state index contributed by atoms with van der Waals surface area (Å²) in [6.07, 6.45) is 0.789. The van der Waals surface area contributed by atoms with Crippen LogP contribution in [-0.4, -0.2) is 10.1 Å². The van der Waals surface area contributed by atoms with E-state index in [9.17, 15) is 5.11 Å². The van der Waals surface area contributed by atoms with Crippen LogP contribution in [0.15, 0.2) is 46.9 Å². The Morgan fingerprint density at radius 3 is 2.86 bits per heavy atom. The van der Waals surface area contributed by atoms with Crippen LogP contribution in [-0.2, 0) is 6.42 Å². The van der Waals surface area contributed by atoms with Crippen molar-refractivity contribution in [2.45, 2.75) is 26.3 Å². The van der Waals surface area contributed by atoms with E-state index in [4.69, 9.17) is 4.42 Å². The van der Waals surface area contributed by atoms with E-state index in [2.05, 4.69) is 17.2 Å². The molecule has 108 valence electrons. The number of hydrogen-bond acceptors (Lipinski definition) is 4. The number of phenols is 1. The first-order valence-electron chi connectivity index (χ1n) is 7.10. The van der Waals surface area contributed by atoms with E-state index >= 15 is 0 Å². The molecule has 3 aromatic rings. The molecule has 0 aliphatic heterocycles. The molecule has 1 atom stereocenters. The van der Waals surface area contributed by atoms with Gasteiger partial charge in [-0.15, -0.1) is 0 Å². The highest BCUT2D eigenvalue weighted by atomic mass is 16.3. The molecule has 0 amide bonds. The molecule has 0 aliphatic rings. The van der Waals surface area contributed by atoms with Crippen molar-refractivity contribution >= 4 is 16.8 Å². The Morgan fingerprint density at radius 1 is 1.24 bits per heavy atom. The first-order valence-corrected chi connectivity index (χ1v) is 7.10. The van der Waals surface area contributed by atoms with Gasteiger partial charge in [-0.3, -0.25) is 0 Å².